The normalized spacial score (nSPS) is 9.46. The van der Waals surface area contributed by atoms with Crippen molar-refractivity contribution in [2.75, 3.05) is 19.5 Å². The van der Waals surface area contributed by atoms with Crippen molar-refractivity contribution in [2.45, 2.75) is 0 Å². The molecule has 1 rings (SSSR count). The van der Waals surface area contributed by atoms with Gasteiger partial charge in [0.25, 0.3) is 5.91 Å². The topological polar surface area (TPSA) is 71.2 Å². The van der Waals surface area contributed by atoms with E-state index in [1.807, 2.05) is 0 Å². The Morgan fingerprint density at radius 1 is 1.62 bits per heavy atom. The maximum atomic E-state index is 11.4. The predicted octanol–water partition coefficient (Wildman–Crippen LogP) is 0.0690. The van der Waals surface area contributed by atoms with Gasteiger partial charge >= 0.3 is 0 Å². The minimum Gasteiger partial charge on any atom is -0.345 e. The SMILES string of the molecule is CN(C)C(=O)c1ccnc(NN)c1. The minimum atomic E-state index is -0.0705. The summed E-state index contributed by atoms with van der Waals surface area (Å²) in [4.78, 5) is 16.8. The molecule has 5 nitrogen and oxygen atoms in total. The smallest absolute Gasteiger partial charge is 0.253 e. The summed E-state index contributed by atoms with van der Waals surface area (Å²) >= 11 is 0. The molecule has 5 heteroatoms. The van der Waals surface area contributed by atoms with E-state index < -0.39 is 0 Å². The fourth-order valence-electron chi connectivity index (χ4n) is 0.901. The first kappa shape index (κ1) is 9.47. The Balaban J connectivity index is 2.95. The van der Waals surface area contributed by atoms with E-state index in [1.165, 1.54) is 11.1 Å². The van der Waals surface area contributed by atoms with Crippen LogP contribution in [0.4, 0.5) is 5.82 Å². The molecule has 0 spiro atoms. The lowest BCUT2D eigenvalue weighted by Crippen LogP contribution is -2.22. The van der Waals surface area contributed by atoms with Crippen molar-refractivity contribution in [1.29, 1.82) is 0 Å². The lowest BCUT2D eigenvalue weighted by molar-refractivity contribution is 0.0827. The third-order valence-corrected chi connectivity index (χ3v) is 1.56. The summed E-state index contributed by atoms with van der Waals surface area (Å²) in [6.07, 6.45) is 1.53. The highest BCUT2D eigenvalue weighted by Crippen LogP contribution is 2.06. The second-order valence-electron chi connectivity index (χ2n) is 2.77. The maximum absolute atomic E-state index is 11.4. The lowest BCUT2D eigenvalue weighted by Gasteiger charge is -2.10. The first-order valence-corrected chi connectivity index (χ1v) is 3.79. The number of hydrazine groups is 1. The summed E-state index contributed by atoms with van der Waals surface area (Å²) in [5.74, 6) is 5.57. The van der Waals surface area contributed by atoms with Crippen molar-refractivity contribution in [2.24, 2.45) is 5.84 Å². The molecule has 0 radical (unpaired) electrons. The average Bonchev–Trinajstić information content (AvgIpc) is 2.16. The van der Waals surface area contributed by atoms with Gasteiger partial charge in [-0.25, -0.2) is 10.8 Å². The van der Waals surface area contributed by atoms with Crippen molar-refractivity contribution in [1.82, 2.24) is 9.88 Å². The molecule has 1 aromatic rings. The summed E-state index contributed by atoms with van der Waals surface area (Å²) in [6, 6.07) is 3.24. The van der Waals surface area contributed by atoms with E-state index in [4.69, 9.17) is 5.84 Å². The number of nitrogens with two attached hydrogens (primary N) is 1. The van der Waals surface area contributed by atoms with E-state index in [0.29, 0.717) is 11.4 Å². The zero-order valence-electron chi connectivity index (χ0n) is 7.61. The van der Waals surface area contributed by atoms with Gasteiger partial charge in [0, 0.05) is 25.9 Å². The summed E-state index contributed by atoms with van der Waals surface area (Å²) in [6.45, 7) is 0. The molecule has 1 aromatic heterocycles. The molecule has 1 heterocycles. The number of hydrogen-bond donors (Lipinski definition) is 2. The summed E-state index contributed by atoms with van der Waals surface area (Å²) in [7, 11) is 3.39. The first-order chi connectivity index (χ1) is 6.15. The van der Waals surface area contributed by atoms with Crippen LogP contribution in [-0.4, -0.2) is 29.9 Å². The van der Waals surface area contributed by atoms with Crippen LogP contribution in [0.15, 0.2) is 18.3 Å². The molecule has 1 amide bonds. The van der Waals surface area contributed by atoms with Gasteiger partial charge < -0.3 is 10.3 Å². The van der Waals surface area contributed by atoms with Crippen molar-refractivity contribution in [3.05, 3.63) is 23.9 Å². The predicted molar refractivity (Wildman–Crippen MR) is 50.1 cm³/mol. The van der Waals surface area contributed by atoms with E-state index >= 15 is 0 Å². The zero-order chi connectivity index (χ0) is 9.84. The summed E-state index contributed by atoms with van der Waals surface area (Å²) in [5.41, 5.74) is 2.94. The van der Waals surface area contributed by atoms with Gasteiger partial charge in [-0.1, -0.05) is 0 Å². The molecule has 0 aromatic carbocycles. The monoisotopic (exact) mass is 180 g/mol. The van der Waals surface area contributed by atoms with Crippen LogP contribution in [0.25, 0.3) is 0 Å². The van der Waals surface area contributed by atoms with Gasteiger partial charge in [-0.2, -0.15) is 0 Å². The van der Waals surface area contributed by atoms with Crippen LogP contribution >= 0.6 is 0 Å². The van der Waals surface area contributed by atoms with E-state index in [1.54, 1.807) is 26.2 Å². The Morgan fingerprint density at radius 3 is 2.85 bits per heavy atom. The van der Waals surface area contributed by atoms with Crippen molar-refractivity contribution in [3.63, 3.8) is 0 Å². The Labute approximate surface area is 76.5 Å². The fraction of sp³-hybridized carbons (Fsp3) is 0.250. The fourth-order valence-corrected chi connectivity index (χ4v) is 0.901. The third-order valence-electron chi connectivity index (χ3n) is 1.56. The van der Waals surface area contributed by atoms with Crippen LogP contribution in [0.3, 0.4) is 0 Å². The number of carbonyl (C=O) groups is 1. The number of amides is 1. The zero-order valence-corrected chi connectivity index (χ0v) is 7.61. The minimum absolute atomic E-state index is 0.0705. The van der Waals surface area contributed by atoms with Crippen LogP contribution in [-0.2, 0) is 0 Å². The average molecular weight is 180 g/mol. The molecule has 0 saturated heterocycles. The number of aromatic nitrogens is 1. The molecule has 70 valence electrons. The number of nitrogens with one attached hydrogen (secondary N) is 1. The molecular formula is C8H12N4O. The lowest BCUT2D eigenvalue weighted by atomic mass is 10.2. The number of anilines is 1. The standard InChI is InChI=1S/C8H12N4O/c1-12(2)8(13)6-3-4-10-7(5-6)11-9/h3-5H,9H2,1-2H3,(H,10,11). The van der Waals surface area contributed by atoms with Crippen molar-refractivity contribution < 1.29 is 4.79 Å². The quantitative estimate of drug-likeness (QED) is 0.499. The van der Waals surface area contributed by atoms with Crippen LogP contribution in [0.1, 0.15) is 10.4 Å². The largest absolute Gasteiger partial charge is 0.345 e. The van der Waals surface area contributed by atoms with Gasteiger partial charge in [0.1, 0.15) is 5.82 Å². The molecule has 3 N–H and O–H groups in total. The molecule has 0 aliphatic rings. The van der Waals surface area contributed by atoms with Gasteiger partial charge in [-0.15, -0.1) is 0 Å². The third kappa shape index (κ3) is 2.16. The van der Waals surface area contributed by atoms with Gasteiger partial charge in [-0.05, 0) is 12.1 Å². The Morgan fingerprint density at radius 2 is 2.31 bits per heavy atom. The number of nitrogen functional groups attached to an aromatic ring is 1. The molecule has 0 bridgehead atoms. The van der Waals surface area contributed by atoms with E-state index in [9.17, 15) is 4.79 Å². The highest BCUT2D eigenvalue weighted by molar-refractivity contribution is 5.94. The van der Waals surface area contributed by atoms with Gasteiger partial charge in [-0.3, -0.25) is 4.79 Å². The first-order valence-electron chi connectivity index (χ1n) is 3.79. The summed E-state index contributed by atoms with van der Waals surface area (Å²) in [5, 5.41) is 0. The van der Waals surface area contributed by atoms with Crippen LogP contribution in [0.2, 0.25) is 0 Å². The molecule has 0 aliphatic heterocycles. The molecule has 0 fully saturated rings. The summed E-state index contributed by atoms with van der Waals surface area (Å²) < 4.78 is 0. The Hall–Kier alpha value is -1.62. The number of hydrogen-bond acceptors (Lipinski definition) is 4. The highest BCUT2D eigenvalue weighted by Gasteiger charge is 2.07. The van der Waals surface area contributed by atoms with E-state index in [0.717, 1.165) is 0 Å². The van der Waals surface area contributed by atoms with Crippen LogP contribution in [0, 0.1) is 0 Å². The molecule has 13 heavy (non-hydrogen) atoms. The maximum Gasteiger partial charge on any atom is 0.253 e. The second-order valence-corrected chi connectivity index (χ2v) is 2.77. The Kier molecular flexibility index (Phi) is 2.81. The van der Waals surface area contributed by atoms with E-state index in [2.05, 4.69) is 10.4 Å². The van der Waals surface area contributed by atoms with Gasteiger partial charge in [0.2, 0.25) is 0 Å². The van der Waals surface area contributed by atoms with Gasteiger partial charge in [0.05, 0.1) is 0 Å². The number of pyridine rings is 1. The molecule has 0 atom stereocenters. The second kappa shape index (κ2) is 3.86. The number of carbonyl (C=O) groups excluding carboxylic acids is 1. The van der Waals surface area contributed by atoms with Crippen molar-refractivity contribution in [3.8, 4) is 0 Å². The van der Waals surface area contributed by atoms with E-state index in [-0.39, 0.29) is 5.91 Å². The molecule has 0 unspecified atom stereocenters. The Bertz CT molecular complexity index is 311. The molecule has 0 aliphatic carbocycles. The number of nitrogens with zero attached hydrogens (tertiary/aromatic N) is 2. The van der Waals surface area contributed by atoms with Crippen molar-refractivity contribution >= 4 is 11.7 Å². The molecule has 0 saturated carbocycles. The molecular weight excluding hydrogens is 168 g/mol. The number of rotatable bonds is 2. The van der Waals surface area contributed by atoms with Crippen LogP contribution in [0.5, 0.6) is 0 Å². The highest BCUT2D eigenvalue weighted by atomic mass is 16.2. The van der Waals surface area contributed by atoms with Gasteiger partial charge in [0.15, 0.2) is 0 Å². The van der Waals surface area contributed by atoms with Crippen LogP contribution < -0.4 is 11.3 Å².